The predicted molar refractivity (Wildman–Crippen MR) is 66.1 cm³/mol. The monoisotopic (exact) mass is 215 g/mol. The maximum Gasteiger partial charge on any atom is 0.0928 e. The fraction of sp³-hybridized carbons (Fsp3) is 0.308. The lowest BCUT2D eigenvalue weighted by molar-refractivity contribution is 0.708. The molecule has 0 aliphatic heterocycles. The van der Waals surface area contributed by atoms with Gasteiger partial charge in [-0.25, -0.2) is 0 Å². The molecule has 1 aromatic heterocycles. The molecule has 0 amide bonds. The molecule has 0 aliphatic carbocycles. The number of hydrogen-bond acceptors (Lipinski definition) is 2. The maximum atomic E-state index is 5.57. The number of nitrogens with zero attached hydrogens (tertiary/aromatic N) is 2. The number of aromatic nitrogens is 2. The van der Waals surface area contributed by atoms with E-state index >= 15 is 0 Å². The van der Waals surface area contributed by atoms with Crippen LogP contribution in [0.3, 0.4) is 0 Å². The molecule has 3 heteroatoms. The van der Waals surface area contributed by atoms with Gasteiger partial charge in [-0.15, -0.1) is 0 Å². The van der Waals surface area contributed by atoms with E-state index in [9.17, 15) is 0 Å². The highest BCUT2D eigenvalue weighted by Gasteiger charge is 2.07. The summed E-state index contributed by atoms with van der Waals surface area (Å²) in [6.45, 7) is 2.76. The van der Waals surface area contributed by atoms with E-state index < -0.39 is 0 Å². The molecule has 2 aromatic rings. The highest BCUT2D eigenvalue weighted by atomic mass is 15.3. The highest BCUT2D eigenvalue weighted by molar-refractivity contribution is 5.63. The van der Waals surface area contributed by atoms with Gasteiger partial charge < -0.3 is 5.73 Å². The van der Waals surface area contributed by atoms with E-state index in [-0.39, 0.29) is 0 Å². The fourth-order valence-corrected chi connectivity index (χ4v) is 1.88. The summed E-state index contributed by atoms with van der Waals surface area (Å²) in [6, 6.07) is 10.4. The molecule has 2 rings (SSSR count). The Kier molecular flexibility index (Phi) is 3.06. The van der Waals surface area contributed by atoms with E-state index in [0.717, 1.165) is 12.1 Å². The molecule has 2 N–H and O–H groups in total. The Morgan fingerprint density at radius 1 is 1.31 bits per heavy atom. The van der Waals surface area contributed by atoms with Gasteiger partial charge in [0.1, 0.15) is 0 Å². The molecule has 0 aliphatic rings. The molecule has 0 atom stereocenters. The van der Waals surface area contributed by atoms with Gasteiger partial charge in [-0.1, -0.05) is 24.3 Å². The number of aryl methyl sites for hydroxylation is 2. The Morgan fingerprint density at radius 3 is 2.75 bits per heavy atom. The molecular formula is C13H17N3. The van der Waals surface area contributed by atoms with Crippen molar-refractivity contribution in [2.75, 3.05) is 6.54 Å². The van der Waals surface area contributed by atoms with Gasteiger partial charge >= 0.3 is 0 Å². The molecule has 0 fully saturated rings. The molecule has 0 unspecified atom stereocenters. The first-order chi connectivity index (χ1) is 7.72. The van der Waals surface area contributed by atoms with E-state index in [1.54, 1.807) is 0 Å². The van der Waals surface area contributed by atoms with E-state index in [2.05, 4.69) is 30.2 Å². The third kappa shape index (κ3) is 1.99. The molecule has 0 radical (unpaired) electrons. The summed E-state index contributed by atoms with van der Waals surface area (Å²) in [5.41, 5.74) is 10.2. The molecule has 1 aromatic carbocycles. The lowest BCUT2D eigenvalue weighted by atomic mass is 10.1. The quantitative estimate of drug-likeness (QED) is 0.849. The molecule has 0 saturated heterocycles. The zero-order valence-electron chi connectivity index (χ0n) is 9.77. The van der Waals surface area contributed by atoms with Gasteiger partial charge in [0.15, 0.2) is 0 Å². The van der Waals surface area contributed by atoms with Crippen LogP contribution in [-0.2, 0) is 13.5 Å². The number of benzene rings is 1. The third-order valence-corrected chi connectivity index (χ3v) is 2.80. The SMILES string of the molecule is Cc1ccccc1-c1cc(CCN)n(C)n1. The minimum absolute atomic E-state index is 0.659. The Bertz CT molecular complexity index is 486. The molecule has 0 spiro atoms. The van der Waals surface area contributed by atoms with Crippen molar-refractivity contribution in [2.45, 2.75) is 13.3 Å². The standard InChI is InChI=1S/C13H17N3/c1-10-5-3-4-6-12(10)13-9-11(7-8-14)16(2)15-13/h3-6,9H,7-8,14H2,1-2H3. The third-order valence-electron chi connectivity index (χ3n) is 2.80. The Morgan fingerprint density at radius 2 is 2.06 bits per heavy atom. The summed E-state index contributed by atoms with van der Waals surface area (Å²) in [4.78, 5) is 0. The summed E-state index contributed by atoms with van der Waals surface area (Å²) in [5.74, 6) is 0. The van der Waals surface area contributed by atoms with Crippen LogP contribution in [0.5, 0.6) is 0 Å². The molecule has 84 valence electrons. The van der Waals surface area contributed by atoms with E-state index in [1.807, 2.05) is 23.9 Å². The topological polar surface area (TPSA) is 43.8 Å². The van der Waals surface area contributed by atoms with Crippen LogP contribution in [0, 0.1) is 6.92 Å². The molecule has 0 bridgehead atoms. The van der Waals surface area contributed by atoms with Crippen LogP contribution in [-0.4, -0.2) is 16.3 Å². The largest absolute Gasteiger partial charge is 0.330 e. The van der Waals surface area contributed by atoms with Crippen LogP contribution < -0.4 is 5.73 Å². The molecule has 3 nitrogen and oxygen atoms in total. The first-order valence-corrected chi connectivity index (χ1v) is 5.51. The average molecular weight is 215 g/mol. The summed E-state index contributed by atoms with van der Waals surface area (Å²) >= 11 is 0. The van der Waals surface area contributed by atoms with Crippen LogP contribution in [0.15, 0.2) is 30.3 Å². The first-order valence-electron chi connectivity index (χ1n) is 5.51. The average Bonchev–Trinajstić information content (AvgIpc) is 2.61. The zero-order chi connectivity index (χ0) is 11.5. The first kappa shape index (κ1) is 10.9. The molecule has 16 heavy (non-hydrogen) atoms. The van der Waals surface area contributed by atoms with Crippen molar-refractivity contribution in [3.05, 3.63) is 41.6 Å². The molecule has 0 saturated carbocycles. The van der Waals surface area contributed by atoms with Crippen molar-refractivity contribution in [1.82, 2.24) is 9.78 Å². The molecular weight excluding hydrogens is 198 g/mol. The van der Waals surface area contributed by atoms with Crippen LogP contribution >= 0.6 is 0 Å². The molecule has 1 heterocycles. The predicted octanol–water partition coefficient (Wildman–Crippen LogP) is 1.90. The summed E-state index contributed by atoms with van der Waals surface area (Å²) in [5, 5.41) is 4.52. The Balaban J connectivity index is 2.42. The summed E-state index contributed by atoms with van der Waals surface area (Å²) in [6.07, 6.45) is 0.870. The van der Waals surface area contributed by atoms with Crippen LogP contribution in [0.4, 0.5) is 0 Å². The highest BCUT2D eigenvalue weighted by Crippen LogP contribution is 2.22. The minimum atomic E-state index is 0.659. The van der Waals surface area contributed by atoms with Crippen molar-refractivity contribution in [1.29, 1.82) is 0 Å². The Hall–Kier alpha value is -1.61. The van der Waals surface area contributed by atoms with Crippen LogP contribution in [0.2, 0.25) is 0 Å². The summed E-state index contributed by atoms with van der Waals surface area (Å²) < 4.78 is 1.91. The van der Waals surface area contributed by atoms with Gasteiger partial charge in [0.05, 0.1) is 5.69 Å². The van der Waals surface area contributed by atoms with E-state index in [0.29, 0.717) is 6.54 Å². The van der Waals surface area contributed by atoms with Crippen LogP contribution in [0.25, 0.3) is 11.3 Å². The number of nitrogens with two attached hydrogens (primary N) is 1. The van der Waals surface area contributed by atoms with Crippen LogP contribution in [0.1, 0.15) is 11.3 Å². The van der Waals surface area contributed by atoms with Crippen molar-refractivity contribution in [3.8, 4) is 11.3 Å². The second kappa shape index (κ2) is 4.49. The van der Waals surface area contributed by atoms with Gasteiger partial charge in [-0.2, -0.15) is 5.10 Å². The van der Waals surface area contributed by atoms with Gasteiger partial charge in [-0.3, -0.25) is 4.68 Å². The van der Waals surface area contributed by atoms with Crippen molar-refractivity contribution >= 4 is 0 Å². The second-order valence-electron chi connectivity index (χ2n) is 4.00. The van der Waals surface area contributed by atoms with E-state index in [1.165, 1.54) is 16.8 Å². The number of rotatable bonds is 3. The second-order valence-corrected chi connectivity index (χ2v) is 4.00. The maximum absolute atomic E-state index is 5.57. The zero-order valence-corrected chi connectivity index (χ0v) is 9.77. The van der Waals surface area contributed by atoms with Crippen molar-refractivity contribution in [2.24, 2.45) is 12.8 Å². The summed E-state index contributed by atoms with van der Waals surface area (Å²) in [7, 11) is 1.97. The van der Waals surface area contributed by atoms with Crippen molar-refractivity contribution < 1.29 is 0 Å². The van der Waals surface area contributed by atoms with Gasteiger partial charge in [0.25, 0.3) is 0 Å². The van der Waals surface area contributed by atoms with Crippen molar-refractivity contribution in [3.63, 3.8) is 0 Å². The van der Waals surface area contributed by atoms with E-state index in [4.69, 9.17) is 5.73 Å². The van der Waals surface area contributed by atoms with Gasteiger partial charge in [0, 0.05) is 24.7 Å². The smallest absolute Gasteiger partial charge is 0.0928 e. The lowest BCUT2D eigenvalue weighted by Crippen LogP contribution is -2.06. The van der Waals surface area contributed by atoms with Gasteiger partial charge in [0.2, 0.25) is 0 Å². The fourth-order valence-electron chi connectivity index (χ4n) is 1.88. The normalized spacial score (nSPS) is 10.7. The lowest BCUT2D eigenvalue weighted by Gasteiger charge is -2.00. The number of hydrogen-bond donors (Lipinski definition) is 1. The Labute approximate surface area is 95.9 Å². The minimum Gasteiger partial charge on any atom is -0.330 e. The van der Waals surface area contributed by atoms with Gasteiger partial charge in [-0.05, 0) is 25.1 Å².